The van der Waals surface area contributed by atoms with Gasteiger partial charge in [-0.1, -0.05) is 490 Å². The van der Waals surface area contributed by atoms with Crippen LogP contribution in [0.5, 0.6) is 0 Å². The number of unbranched alkanes of at least 4 members (excludes halogenated alkanes) is 73. The van der Waals surface area contributed by atoms with Crippen molar-refractivity contribution in [1.29, 1.82) is 0 Å². The van der Waals surface area contributed by atoms with Gasteiger partial charge >= 0.3 is 0 Å². The molecule has 0 bridgehead atoms. The Kier molecular flexibility index (Phi) is 94.6. The highest BCUT2D eigenvalue weighted by atomic mass is 16.6. The maximum Gasteiger partial charge on any atom is 0.104 e. The Morgan fingerprint density at radius 2 is 0.220 bits per heavy atom. The first-order chi connectivity index (χ1) is 49.8. The molecule has 0 N–H and O–H groups in total. The smallest absolute Gasteiger partial charge is 0.104 e. The minimum Gasteiger partial charge on any atom is -0.379 e. The lowest BCUT2D eigenvalue weighted by Crippen LogP contribution is -2.27. The minimum absolute atomic E-state index is 0.0680. The molecule has 0 aliphatic heterocycles. The van der Waals surface area contributed by atoms with Gasteiger partial charge in [0.15, 0.2) is 0 Å². The van der Waals surface area contributed by atoms with E-state index in [-0.39, 0.29) is 12.2 Å². The van der Waals surface area contributed by atoms with Crippen LogP contribution in [0.3, 0.4) is 0 Å². The fourth-order valence-electron chi connectivity index (χ4n) is 15.0. The number of rotatable bonds is 95. The standard InChI is InChI=1S/C94H190O6/c1-5-9-13-17-21-25-29-33-37-41-47-53-59-65-71-77-83-95-89-93(99-87-81-75-69-63-57-51-43-39-35-31-27-23-19-15-11-7-3)91-97-85-79-73-67-61-55-49-45-46-50-56-62-68-74-80-86-98-92-94(100-88-82-76-70-64-58-52-44-40-36-32-28-24-20-16-12-8-4)90-96-84-78-72-66-60-54-48-42-38-34-30-26-22-18-14-10-6-2/h93-94H,5-92H2,1-4H3. The lowest BCUT2D eigenvalue weighted by molar-refractivity contribution is -0.0616. The predicted octanol–water partition coefficient (Wildman–Crippen LogP) is 32.3. The van der Waals surface area contributed by atoms with E-state index in [4.69, 9.17) is 28.4 Å². The Morgan fingerprint density at radius 3 is 0.340 bits per heavy atom. The highest BCUT2D eigenvalue weighted by molar-refractivity contribution is 4.62. The fraction of sp³-hybridized carbons (Fsp3) is 1.00. The van der Waals surface area contributed by atoms with Gasteiger partial charge in [0.1, 0.15) is 12.2 Å². The Hall–Kier alpha value is -0.240. The molecule has 0 saturated heterocycles. The second kappa shape index (κ2) is 94.8. The summed E-state index contributed by atoms with van der Waals surface area (Å²) in [6, 6.07) is 0. The van der Waals surface area contributed by atoms with Crippen LogP contribution < -0.4 is 0 Å². The topological polar surface area (TPSA) is 55.4 Å². The van der Waals surface area contributed by atoms with Crippen molar-refractivity contribution in [3.05, 3.63) is 0 Å². The van der Waals surface area contributed by atoms with E-state index >= 15 is 0 Å². The summed E-state index contributed by atoms with van der Waals surface area (Å²) >= 11 is 0. The molecule has 6 heteroatoms. The van der Waals surface area contributed by atoms with E-state index in [0.717, 1.165) is 52.5 Å². The Balaban J connectivity index is 4.28. The minimum atomic E-state index is 0.0680. The lowest BCUT2D eigenvalue weighted by Gasteiger charge is -2.18. The van der Waals surface area contributed by atoms with Gasteiger partial charge < -0.3 is 28.4 Å². The molecule has 0 amide bonds. The number of hydrogen-bond acceptors (Lipinski definition) is 6. The van der Waals surface area contributed by atoms with Crippen molar-refractivity contribution in [1.82, 2.24) is 0 Å². The molecule has 0 heterocycles. The molecule has 0 saturated carbocycles. The summed E-state index contributed by atoms with van der Waals surface area (Å²) in [5, 5.41) is 0. The maximum absolute atomic E-state index is 6.45. The van der Waals surface area contributed by atoms with Crippen LogP contribution in [0.15, 0.2) is 0 Å². The summed E-state index contributed by atoms with van der Waals surface area (Å²) in [5.41, 5.74) is 0. The first kappa shape index (κ1) is 99.8. The normalized spacial score (nSPS) is 12.5. The van der Waals surface area contributed by atoms with Gasteiger partial charge in [0, 0.05) is 39.6 Å². The van der Waals surface area contributed by atoms with E-state index < -0.39 is 0 Å². The van der Waals surface area contributed by atoms with Crippen LogP contribution in [0.4, 0.5) is 0 Å². The molecule has 100 heavy (non-hydrogen) atoms. The molecule has 0 aromatic heterocycles. The second-order valence-corrected chi connectivity index (χ2v) is 32.4. The van der Waals surface area contributed by atoms with Crippen molar-refractivity contribution in [3.63, 3.8) is 0 Å². The quantitative estimate of drug-likeness (QED) is 0.0566. The zero-order chi connectivity index (χ0) is 71.6. The van der Waals surface area contributed by atoms with Gasteiger partial charge in [-0.05, 0) is 38.5 Å². The molecular formula is C94H190O6. The SMILES string of the molecule is CCCCCCCCCCCCCCCCCCOCC(COCCCCCCCCCCCCCCCCOCC(COCCCCCCCCCCCCCCCCCC)OCCCCCCCCCCCCCCCCCC)OCCCCCCCCCCCCCCCCCC. The highest BCUT2D eigenvalue weighted by Gasteiger charge is 2.13. The zero-order valence-electron chi connectivity index (χ0n) is 69.8. The third-order valence-corrected chi connectivity index (χ3v) is 22.0. The number of hydrogen-bond donors (Lipinski definition) is 0. The van der Waals surface area contributed by atoms with E-state index in [2.05, 4.69) is 27.7 Å². The summed E-state index contributed by atoms with van der Waals surface area (Å²) in [6.45, 7) is 17.1. The van der Waals surface area contributed by atoms with Crippen LogP contribution in [0.25, 0.3) is 0 Å². The zero-order valence-corrected chi connectivity index (χ0v) is 69.8. The summed E-state index contributed by atoms with van der Waals surface area (Å²) in [6.07, 6.45) is 109. The summed E-state index contributed by atoms with van der Waals surface area (Å²) in [7, 11) is 0. The predicted molar refractivity (Wildman–Crippen MR) is 446 cm³/mol. The van der Waals surface area contributed by atoms with Crippen LogP contribution in [0, 0.1) is 0 Å². The first-order valence-corrected chi connectivity index (χ1v) is 47.3. The highest BCUT2D eigenvalue weighted by Crippen LogP contribution is 2.21. The van der Waals surface area contributed by atoms with Crippen LogP contribution >= 0.6 is 0 Å². The van der Waals surface area contributed by atoms with Gasteiger partial charge in [0.25, 0.3) is 0 Å². The first-order valence-electron chi connectivity index (χ1n) is 47.3. The molecule has 0 radical (unpaired) electrons. The summed E-state index contributed by atoms with van der Waals surface area (Å²) < 4.78 is 37.9. The maximum atomic E-state index is 6.45. The third-order valence-electron chi connectivity index (χ3n) is 22.0. The molecule has 0 aromatic carbocycles. The van der Waals surface area contributed by atoms with Crippen LogP contribution in [-0.2, 0) is 28.4 Å². The van der Waals surface area contributed by atoms with Gasteiger partial charge in [-0.25, -0.2) is 0 Å². The van der Waals surface area contributed by atoms with E-state index in [1.165, 1.54) is 488 Å². The molecule has 602 valence electrons. The molecular weight excluding hydrogens is 1230 g/mol. The average molecular weight is 1420 g/mol. The van der Waals surface area contributed by atoms with Gasteiger partial charge in [-0.3, -0.25) is 0 Å². The van der Waals surface area contributed by atoms with Crippen molar-refractivity contribution in [2.45, 2.75) is 541 Å². The molecule has 0 aliphatic rings. The van der Waals surface area contributed by atoms with Crippen molar-refractivity contribution < 1.29 is 28.4 Å². The van der Waals surface area contributed by atoms with E-state index in [9.17, 15) is 0 Å². The van der Waals surface area contributed by atoms with Crippen LogP contribution in [-0.4, -0.2) is 78.3 Å². The lowest BCUT2D eigenvalue weighted by atomic mass is 10.0. The molecule has 0 aromatic rings. The number of ether oxygens (including phenoxy) is 6. The molecule has 0 fully saturated rings. The second-order valence-electron chi connectivity index (χ2n) is 32.4. The van der Waals surface area contributed by atoms with Crippen LogP contribution in [0.1, 0.15) is 529 Å². The molecule has 6 nitrogen and oxygen atoms in total. The monoisotopic (exact) mass is 1420 g/mol. The molecule has 0 rings (SSSR count). The largest absolute Gasteiger partial charge is 0.379 e. The van der Waals surface area contributed by atoms with E-state index in [0.29, 0.717) is 26.4 Å². The van der Waals surface area contributed by atoms with E-state index in [1.807, 2.05) is 0 Å². The fourth-order valence-corrected chi connectivity index (χ4v) is 15.0. The van der Waals surface area contributed by atoms with Gasteiger partial charge in [-0.2, -0.15) is 0 Å². The molecule has 0 spiro atoms. The Morgan fingerprint density at radius 1 is 0.120 bits per heavy atom. The van der Waals surface area contributed by atoms with Gasteiger partial charge in [0.2, 0.25) is 0 Å². The van der Waals surface area contributed by atoms with Crippen molar-refractivity contribution in [2.75, 3.05) is 66.1 Å². The van der Waals surface area contributed by atoms with Crippen LogP contribution in [0.2, 0.25) is 0 Å². The Bertz CT molecular complexity index is 1260. The molecule has 0 aliphatic carbocycles. The van der Waals surface area contributed by atoms with Crippen molar-refractivity contribution in [3.8, 4) is 0 Å². The van der Waals surface area contributed by atoms with Gasteiger partial charge in [-0.15, -0.1) is 0 Å². The third kappa shape index (κ3) is 90.2. The van der Waals surface area contributed by atoms with Gasteiger partial charge in [0.05, 0.1) is 26.4 Å². The average Bonchev–Trinajstić information content (AvgIpc) is 3.39. The Labute approximate surface area is 631 Å². The van der Waals surface area contributed by atoms with Crippen molar-refractivity contribution >= 4 is 0 Å². The molecule has 2 atom stereocenters. The van der Waals surface area contributed by atoms with E-state index in [1.54, 1.807) is 0 Å². The molecule has 2 unspecified atom stereocenters. The van der Waals surface area contributed by atoms with Crippen molar-refractivity contribution in [2.24, 2.45) is 0 Å². The summed E-state index contributed by atoms with van der Waals surface area (Å²) in [4.78, 5) is 0. The summed E-state index contributed by atoms with van der Waals surface area (Å²) in [5.74, 6) is 0.